The summed E-state index contributed by atoms with van der Waals surface area (Å²) in [6.45, 7) is 3.02. The van der Waals surface area contributed by atoms with Gasteiger partial charge in [-0.3, -0.25) is 14.5 Å². The van der Waals surface area contributed by atoms with Gasteiger partial charge in [0, 0.05) is 45.0 Å². The van der Waals surface area contributed by atoms with Gasteiger partial charge in [-0.05, 0) is 12.1 Å². The molecule has 0 spiro atoms. The molecule has 1 aliphatic heterocycles. The van der Waals surface area contributed by atoms with Crippen LogP contribution in [0.1, 0.15) is 0 Å². The molecule has 1 amide bonds. The maximum Gasteiger partial charge on any atom is 0.287 e. The second-order valence-corrected chi connectivity index (χ2v) is 6.69. The summed E-state index contributed by atoms with van der Waals surface area (Å²) in [5, 5.41) is 7.09. The van der Waals surface area contributed by atoms with Gasteiger partial charge in [-0.2, -0.15) is 5.10 Å². The number of amides is 1. The number of carbonyl (C=O) groups is 1. The number of anilines is 2. The molecule has 0 bridgehead atoms. The third-order valence-corrected chi connectivity index (χ3v) is 4.85. The van der Waals surface area contributed by atoms with Crippen molar-refractivity contribution in [3.05, 3.63) is 45.8 Å². The Balaban J connectivity index is 1.54. The van der Waals surface area contributed by atoms with Gasteiger partial charge in [-0.15, -0.1) is 0 Å². The lowest BCUT2D eigenvalue weighted by Crippen LogP contribution is -2.49. The fourth-order valence-electron chi connectivity index (χ4n) is 2.97. The highest BCUT2D eigenvalue weighted by Crippen LogP contribution is 2.22. The lowest BCUT2D eigenvalue weighted by molar-refractivity contribution is -0.117. The van der Waals surface area contributed by atoms with E-state index in [1.54, 1.807) is 26.4 Å². The summed E-state index contributed by atoms with van der Waals surface area (Å²) < 4.78 is 6.37. The zero-order valence-electron chi connectivity index (χ0n) is 15.3. The van der Waals surface area contributed by atoms with Crippen molar-refractivity contribution < 1.29 is 9.53 Å². The van der Waals surface area contributed by atoms with Crippen LogP contribution < -0.4 is 20.5 Å². The number of nitrogens with zero attached hydrogens (tertiary/aromatic N) is 4. The molecule has 9 heteroatoms. The Kier molecular flexibility index (Phi) is 5.98. The molecule has 0 atom stereocenters. The average molecular weight is 392 g/mol. The van der Waals surface area contributed by atoms with Crippen LogP contribution >= 0.6 is 11.6 Å². The molecule has 8 nitrogen and oxygen atoms in total. The summed E-state index contributed by atoms with van der Waals surface area (Å²) in [6.07, 6.45) is 1.61. The molecule has 0 unspecified atom stereocenters. The first-order valence-electron chi connectivity index (χ1n) is 8.61. The topological polar surface area (TPSA) is 79.7 Å². The number of aryl methyl sites for hydroxylation is 1. The number of halogens is 1. The zero-order chi connectivity index (χ0) is 19.4. The number of ether oxygens (including phenoxy) is 1. The minimum atomic E-state index is -0.311. The molecule has 27 heavy (non-hydrogen) atoms. The number of carbonyl (C=O) groups excluding carboxylic acids is 1. The molecule has 0 saturated carbocycles. The van der Waals surface area contributed by atoms with E-state index in [1.807, 2.05) is 23.1 Å². The second kappa shape index (κ2) is 8.41. The van der Waals surface area contributed by atoms with E-state index in [2.05, 4.69) is 15.3 Å². The Morgan fingerprint density at radius 3 is 2.74 bits per heavy atom. The van der Waals surface area contributed by atoms with Crippen LogP contribution in [0.4, 0.5) is 11.4 Å². The van der Waals surface area contributed by atoms with Crippen molar-refractivity contribution in [3.8, 4) is 5.75 Å². The van der Waals surface area contributed by atoms with E-state index in [4.69, 9.17) is 16.3 Å². The molecule has 0 radical (unpaired) electrons. The van der Waals surface area contributed by atoms with Crippen LogP contribution in [0.5, 0.6) is 5.75 Å². The lowest BCUT2D eigenvalue weighted by atomic mass is 10.2. The largest absolute Gasteiger partial charge is 0.497 e. The molecular weight excluding hydrogens is 370 g/mol. The van der Waals surface area contributed by atoms with E-state index in [9.17, 15) is 9.59 Å². The van der Waals surface area contributed by atoms with Gasteiger partial charge in [0.2, 0.25) is 5.91 Å². The van der Waals surface area contributed by atoms with Crippen LogP contribution in [0.25, 0.3) is 0 Å². The van der Waals surface area contributed by atoms with Gasteiger partial charge >= 0.3 is 0 Å². The lowest BCUT2D eigenvalue weighted by Gasteiger charge is -2.35. The van der Waals surface area contributed by atoms with Gasteiger partial charge in [-0.1, -0.05) is 17.7 Å². The van der Waals surface area contributed by atoms with Gasteiger partial charge in [0.1, 0.15) is 10.8 Å². The Hall–Kier alpha value is -2.58. The minimum Gasteiger partial charge on any atom is -0.497 e. The van der Waals surface area contributed by atoms with Crippen LogP contribution in [-0.2, 0) is 11.8 Å². The smallest absolute Gasteiger partial charge is 0.287 e. The van der Waals surface area contributed by atoms with Crippen LogP contribution in [-0.4, -0.2) is 60.4 Å². The van der Waals surface area contributed by atoms with E-state index < -0.39 is 0 Å². The van der Waals surface area contributed by atoms with Crippen molar-refractivity contribution in [3.63, 3.8) is 0 Å². The normalized spacial score (nSPS) is 14.9. The van der Waals surface area contributed by atoms with Gasteiger partial charge in [-0.25, -0.2) is 4.68 Å². The molecule has 2 aromatic rings. The molecule has 1 N–H and O–H groups in total. The highest BCUT2D eigenvalue weighted by atomic mass is 35.5. The van der Waals surface area contributed by atoms with Crippen molar-refractivity contribution >= 4 is 28.9 Å². The first-order chi connectivity index (χ1) is 13.0. The number of piperazine rings is 1. The molecule has 1 aromatic heterocycles. The number of benzene rings is 1. The third-order valence-electron chi connectivity index (χ3n) is 4.49. The Bertz CT molecular complexity index is 878. The molecule has 0 aliphatic carbocycles. The van der Waals surface area contributed by atoms with Crippen LogP contribution in [0, 0.1) is 0 Å². The number of aromatic nitrogens is 2. The minimum absolute atomic E-state index is 0.0787. The van der Waals surface area contributed by atoms with Gasteiger partial charge in [0.05, 0.1) is 25.5 Å². The highest BCUT2D eigenvalue weighted by Gasteiger charge is 2.22. The molecule has 2 heterocycles. The number of nitrogens with one attached hydrogen (secondary N) is 1. The van der Waals surface area contributed by atoms with Crippen molar-refractivity contribution in [1.82, 2.24) is 14.7 Å². The first-order valence-corrected chi connectivity index (χ1v) is 8.98. The van der Waals surface area contributed by atoms with E-state index >= 15 is 0 Å². The zero-order valence-corrected chi connectivity index (χ0v) is 16.1. The quantitative estimate of drug-likeness (QED) is 0.825. The fourth-order valence-corrected chi connectivity index (χ4v) is 3.26. The maximum atomic E-state index is 12.3. The van der Waals surface area contributed by atoms with Crippen LogP contribution in [0.2, 0.25) is 5.02 Å². The maximum absolute atomic E-state index is 12.3. The summed E-state index contributed by atoms with van der Waals surface area (Å²) in [7, 11) is 3.15. The number of rotatable bonds is 5. The summed E-state index contributed by atoms with van der Waals surface area (Å²) in [5.41, 5.74) is 1.03. The van der Waals surface area contributed by atoms with Crippen LogP contribution in [0.15, 0.2) is 35.3 Å². The van der Waals surface area contributed by atoms with E-state index in [0.717, 1.165) is 0 Å². The van der Waals surface area contributed by atoms with Crippen molar-refractivity contribution in [2.45, 2.75) is 0 Å². The van der Waals surface area contributed by atoms with Crippen molar-refractivity contribution in [2.24, 2.45) is 7.05 Å². The highest BCUT2D eigenvalue weighted by molar-refractivity contribution is 6.33. The summed E-state index contributed by atoms with van der Waals surface area (Å²) in [6, 6.07) is 7.25. The van der Waals surface area contributed by atoms with E-state index in [-0.39, 0.29) is 16.5 Å². The number of hydrogen-bond donors (Lipinski definition) is 1. The predicted molar refractivity (Wildman–Crippen MR) is 105 cm³/mol. The van der Waals surface area contributed by atoms with Gasteiger partial charge in [0.25, 0.3) is 5.56 Å². The third kappa shape index (κ3) is 4.58. The van der Waals surface area contributed by atoms with Gasteiger partial charge < -0.3 is 15.0 Å². The molecule has 3 rings (SSSR count). The predicted octanol–water partition coefficient (Wildman–Crippen LogP) is 1.20. The van der Waals surface area contributed by atoms with Crippen LogP contribution in [0.3, 0.4) is 0 Å². The molecule has 1 aromatic carbocycles. The monoisotopic (exact) mass is 391 g/mol. The van der Waals surface area contributed by atoms with Crippen molar-refractivity contribution in [1.29, 1.82) is 0 Å². The molecule has 1 saturated heterocycles. The summed E-state index contributed by atoms with van der Waals surface area (Å²) in [4.78, 5) is 28.3. The molecule has 144 valence electrons. The molecule has 1 fully saturated rings. The van der Waals surface area contributed by atoms with E-state index in [1.165, 1.54) is 4.68 Å². The standard InChI is InChI=1S/C18H22ClN5O3/c1-22-18(26)17(19)15(11-20-22)24-8-6-23(7-9-24)12-16(25)21-13-4-3-5-14(10-13)27-2/h3-5,10-11H,6-9,12H2,1-2H3,(H,21,25). The Morgan fingerprint density at radius 1 is 1.30 bits per heavy atom. The Morgan fingerprint density at radius 2 is 2.04 bits per heavy atom. The van der Waals surface area contributed by atoms with E-state index in [0.29, 0.717) is 49.8 Å². The summed E-state index contributed by atoms with van der Waals surface area (Å²) in [5.74, 6) is 0.617. The Labute approximate surface area is 162 Å². The first kappa shape index (κ1) is 19.2. The number of methoxy groups -OCH3 is 1. The fraction of sp³-hybridized carbons (Fsp3) is 0.389. The second-order valence-electron chi connectivity index (χ2n) is 6.32. The molecule has 1 aliphatic rings. The summed E-state index contributed by atoms with van der Waals surface area (Å²) >= 11 is 6.16. The average Bonchev–Trinajstić information content (AvgIpc) is 2.67. The number of hydrogen-bond acceptors (Lipinski definition) is 6. The van der Waals surface area contributed by atoms with Gasteiger partial charge in [0.15, 0.2) is 0 Å². The van der Waals surface area contributed by atoms with Crippen molar-refractivity contribution in [2.75, 3.05) is 50.1 Å². The SMILES string of the molecule is COc1cccc(NC(=O)CN2CCN(c3cnn(C)c(=O)c3Cl)CC2)c1. The molecular formula is C18H22ClN5O3.